The summed E-state index contributed by atoms with van der Waals surface area (Å²) in [7, 11) is 0. The van der Waals surface area contributed by atoms with E-state index in [-0.39, 0.29) is 37.9 Å². The monoisotopic (exact) mass is 348 g/mol. The van der Waals surface area contributed by atoms with Crippen LogP contribution in [0.2, 0.25) is 0 Å². The molecule has 0 atom stereocenters. The summed E-state index contributed by atoms with van der Waals surface area (Å²) in [5.41, 5.74) is 0.736. The van der Waals surface area contributed by atoms with Crippen molar-refractivity contribution < 1.29 is 24.3 Å². The highest BCUT2D eigenvalue weighted by atomic mass is 16.4. The van der Waals surface area contributed by atoms with E-state index < -0.39 is 11.9 Å². The quantitative estimate of drug-likeness (QED) is 0.514. The van der Waals surface area contributed by atoms with Gasteiger partial charge in [0.25, 0.3) is 5.91 Å². The molecule has 1 fully saturated rings. The molecule has 3 amide bonds. The smallest absolute Gasteiger partial charge is 0.305 e. The van der Waals surface area contributed by atoms with E-state index in [4.69, 9.17) is 5.11 Å². The van der Waals surface area contributed by atoms with Crippen LogP contribution in [0.4, 0.5) is 5.69 Å². The van der Waals surface area contributed by atoms with E-state index in [1.54, 1.807) is 18.2 Å². The zero-order valence-electron chi connectivity index (χ0n) is 13.6. The molecule has 0 bridgehead atoms. The molecule has 1 saturated heterocycles. The van der Waals surface area contributed by atoms with E-state index in [0.717, 1.165) is 0 Å². The van der Waals surface area contributed by atoms with Gasteiger partial charge in [-0.1, -0.05) is 6.07 Å². The Morgan fingerprint density at radius 2 is 2.08 bits per heavy atom. The van der Waals surface area contributed by atoms with Crippen molar-refractivity contribution in [2.24, 2.45) is 0 Å². The maximum absolute atomic E-state index is 12.1. The first-order valence-corrected chi connectivity index (χ1v) is 7.84. The van der Waals surface area contributed by atoms with Gasteiger partial charge in [0.2, 0.25) is 11.8 Å². The number of hydrogen-bond donors (Lipinski definition) is 4. The molecular weight excluding hydrogens is 328 g/mol. The van der Waals surface area contributed by atoms with Crippen LogP contribution >= 0.6 is 0 Å². The van der Waals surface area contributed by atoms with Gasteiger partial charge in [-0.15, -0.1) is 0 Å². The van der Waals surface area contributed by atoms with Crippen molar-refractivity contribution in [3.63, 3.8) is 0 Å². The largest absolute Gasteiger partial charge is 0.481 e. The lowest BCUT2D eigenvalue weighted by Gasteiger charge is -2.26. The van der Waals surface area contributed by atoms with Gasteiger partial charge < -0.3 is 26.0 Å². The molecule has 25 heavy (non-hydrogen) atoms. The number of aliphatic carboxylic acids is 1. The van der Waals surface area contributed by atoms with Crippen LogP contribution in [-0.2, 0) is 14.4 Å². The Hall–Kier alpha value is -2.94. The number of piperazine rings is 1. The lowest BCUT2D eigenvalue weighted by atomic mass is 10.2. The Balaban J connectivity index is 1.89. The fraction of sp³-hybridized carbons (Fsp3) is 0.375. The molecule has 2 rings (SSSR count). The van der Waals surface area contributed by atoms with E-state index in [1.807, 2.05) is 0 Å². The van der Waals surface area contributed by atoms with Crippen molar-refractivity contribution in [2.45, 2.75) is 6.42 Å². The fourth-order valence-electron chi connectivity index (χ4n) is 2.31. The van der Waals surface area contributed by atoms with Gasteiger partial charge in [-0.25, -0.2) is 0 Å². The first kappa shape index (κ1) is 18.4. The molecule has 4 N–H and O–H groups in total. The summed E-state index contributed by atoms with van der Waals surface area (Å²) in [6.45, 7) is 1.31. The molecule has 0 radical (unpaired) electrons. The molecule has 1 aromatic rings. The Morgan fingerprint density at radius 1 is 1.28 bits per heavy atom. The number of anilines is 1. The SMILES string of the molecule is O=C(O)CCNC(=O)c1cccc(NC(=O)CN2CCNCC2=O)c1. The number of amides is 3. The van der Waals surface area contributed by atoms with Crippen LogP contribution in [0.5, 0.6) is 0 Å². The lowest BCUT2D eigenvalue weighted by Crippen LogP contribution is -2.50. The average molecular weight is 348 g/mol. The first-order chi connectivity index (χ1) is 12.0. The molecule has 0 spiro atoms. The Morgan fingerprint density at radius 3 is 2.80 bits per heavy atom. The van der Waals surface area contributed by atoms with Crippen molar-refractivity contribution >= 4 is 29.4 Å². The molecule has 0 aliphatic carbocycles. The first-order valence-electron chi connectivity index (χ1n) is 7.84. The number of carbonyl (C=O) groups is 4. The topological polar surface area (TPSA) is 128 Å². The van der Waals surface area contributed by atoms with Crippen LogP contribution in [0.1, 0.15) is 16.8 Å². The maximum atomic E-state index is 12.1. The van der Waals surface area contributed by atoms with Crippen LogP contribution in [0.15, 0.2) is 24.3 Å². The fourth-order valence-corrected chi connectivity index (χ4v) is 2.31. The maximum Gasteiger partial charge on any atom is 0.305 e. The van der Waals surface area contributed by atoms with Gasteiger partial charge in [0.05, 0.1) is 19.5 Å². The lowest BCUT2D eigenvalue weighted by molar-refractivity contribution is -0.137. The van der Waals surface area contributed by atoms with Crippen molar-refractivity contribution in [1.82, 2.24) is 15.5 Å². The number of rotatable bonds is 7. The molecular formula is C16H20N4O5. The van der Waals surface area contributed by atoms with Gasteiger partial charge in [-0.05, 0) is 18.2 Å². The number of carboxylic acids is 1. The van der Waals surface area contributed by atoms with Crippen LogP contribution in [0.3, 0.4) is 0 Å². The minimum Gasteiger partial charge on any atom is -0.481 e. The summed E-state index contributed by atoms with van der Waals surface area (Å²) in [5, 5.41) is 16.6. The summed E-state index contributed by atoms with van der Waals surface area (Å²) in [5.74, 6) is -1.90. The van der Waals surface area contributed by atoms with Crippen molar-refractivity contribution in [3.05, 3.63) is 29.8 Å². The summed E-state index contributed by atoms with van der Waals surface area (Å²) in [4.78, 5) is 47.6. The summed E-state index contributed by atoms with van der Waals surface area (Å²) >= 11 is 0. The Bertz CT molecular complexity index is 676. The van der Waals surface area contributed by atoms with Crippen molar-refractivity contribution in [1.29, 1.82) is 0 Å². The predicted molar refractivity (Wildman–Crippen MR) is 89.1 cm³/mol. The summed E-state index contributed by atoms with van der Waals surface area (Å²) in [6.07, 6.45) is -0.166. The van der Waals surface area contributed by atoms with Gasteiger partial charge in [-0.2, -0.15) is 0 Å². The van der Waals surface area contributed by atoms with Crippen molar-refractivity contribution in [3.8, 4) is 0 Å². The highest BCUT2D eigenvalue weighted by Crippen LogP contribution is 2.11. The number of nitrogens with zero attached hydrogens (tertiary/aromatic N) is 1. The van der Waals surface area contributed by atoms with Gasteiger partial charge in [0.15, 0.2) is 0 Å². The molecule has 1 aromatic carbocycles. The van der Waals surface area contributed by atoms with E-state index in [0.29, 0.717) is 24.3 Å². The summed E-state index contributed by atoms with van der Waals surface area (Å²) in [6, 6.07) is 6.29. The number of hydrogen-bond acceptors (Lipinski definition) is 5. The molecule has 9 nitrogen and oxygen atoms in total. The highest BCUT2D eigenvalue weighted by molar-refractivity contribution is 5.98. The van der Waals surface area contributed by atoms with E-state index >= 15 is 0 Å². The predicted octanol–water partition coefficient (Wildman–Crippen LogP) is -0.739. The van der Waals surface area contributed by atoms with Gasteiger partial charge >= 0.3 is 5.97 Å². The van der Waals surface area contributed by atoms with E-state index in [2.05, 4.69) is 16.0 Å². The van der Waals surface area contributed by atoms with Crippen molar-refractivity contribution in [2.75, 3.05) is 38.0 Å². The third-order valence-electron chi connectivity index (χ3n) is 3.55. The molecule has 0 unspecified atom stereocenters. The number of carboxylic acid groups (broad SMARTS) is 1. The van der Waals surface area contributed by atoms with Gasteiger partial charge in [0.1, 0.15) is 0 Å². The van der Waals surface area contributed by atoms with Crippen LogP contribution < -0.4 is 16.0 Å². The molecule has 134 valence electrons. The van der Waals surface area contributed by atoms with Crippen LogP contribution in [0, 0.1) is 0 Å². The molecule has 0 saturated carbocycles. The standard InChI is InChI=1S/C16H20N4O5/c21-13(10-20-7-6-17-9-14(20)22)19-12-3-1-2-11(8-12)16(25)18-5-4-15(23)24/h1-3,8,17H,4-7,9-10H2,(H,18,25)(H,19,21)(H,23,24). The molecule has 0 aromatic heterocycles. The molecule has 1 aliphatic heterocycles. The minimum absolute atomic E-state index is 0.0237. The third-order valence-corrected chi connectivity index (χ3v) is 3.55. The Labute approximate surface area is 144 Å². The van der Waals surface area contributed by atoms with Crippen LogP contribution in [0.25, 0.3) is 0 Å². The van der Waals surface area contributed by atoms with Crippen LogP contribution in [-0.4, -0.2) is 66.4 Å². The minimum atomic E-state index is -0.997. The van der Waals surface area contributed by atoms with Gasteiger partial charge in [-0.3, -0.25) is 19.2 Å². The summed E-state index contributed by atoms with van der Waals surface area (Å²) < 4.78 is 0. The molecule has 1 aliphatic rings. The van der Waals surface area contributed by atoms with E-state index in [9.17, 15) is 19.2 Å². The second kappa shape index (κ2) is 8.78. The number of carbonyl (C=O) groups excluding carboxylic acids is 3. The third kappa shape index (κ3) is 5.88. The van der Waals surface area contributed by atoms with Gasteiger partial charge in [0, 0.05) is 30.9 Å². The molecule has 1 heterocycles. The normalized spacial score (nSPS) is 14.1. The molecule has 9 heteroatoms. The number of benzene rings is 1. The number of nitrogens with one attached hydrogen (secondary N) is 3. The zero-order valence-corrected chi connectivity index (χ0v) is 13.6. The highest BCUT2D eigenvalue weighted by Gasteiger charge is 2.20. The van der Waals surface area contributed by atoms with E-state index in [1.165, 1.54) is 11.0 Å². The zero-order chi connectivity index (χ0) is 18.2. The second-order valence-electron chi connectivity index (χ2n) is 5.52. The Kier molecular flexibility index (Phi) is 6.47. The average Bonchev–Trinajstić information content (AvgIpc) is 2.56. The second-order valence-corrected chi connectivity index (χ2v) is 5.52.